The molecular formula is C33H36BrCl2N3O2. The van der Waals surface area contributed by atoms with Crippen LogP contribution in [0.4, 0.5) is 0 Å². The van der Waals surface area contributed by atoms with Gasteiger partial charge in [0.05, 0.1) is 5.41 Å². The van der Waals surface area contributed by atoms with Crippen LogP contribution in [0.1, 0.15) is 46.7 Å². The Labute approximate surface area is 262 Å². The topological polar surface area (TPSA) is 43.9 Å². The predicted octanol–water partition coefficient (Wildman–Crippen LogP) is 6.89. The highest BCUT2D eigenvalue weighted by Gasteiger charge is 2.48. The zero-order valence-electron chi connectivity index (χ0n) is 23.1. The lowest BCUT2D eigenvalue weighted by Gasteiger charge is -2.39. The molecule has 216 valence electrons. The predicted molar refractivity (Wildman–Crippen MR) is 170 cm³/mol. The van der Waals surface area contributed by atoms with Gasteiger partial charge in [0.25, 0.3) is 5.91 Å². The van der Waals surface area contributed by atoms with E-state index in [1.54, 1.807) is 12.1 Å². The SMILES string of the molecule is Cl.O=C(c1cccc(Cl)c1)N1C[C@H](CN2CCC3(CC2)CCN(Cc2ccc(Br)cc2)C3=O)[C@@H](c2ccccc2)C1. The van der Waals surface area contributed by atoms with E-state index in [9.17, 15) is 9.59 Å². The second-order valence-electron chi connectivity index (χ2n) is 11.7. The third-order valence-electron chi connectivity index (χ3n) is 9.22. The summed E-state index contributed by atoms with van der Waals surface area (Å²) in [6, 6.07) is 26.1. The van der Waals surface area contributed by atoms with Crippen LogP contribution in [0.25, 0.3) is 0 Å². The van der Waals surface area contributed by atoms with Gasteiger partial charge in [0.15, 0.2) is 0 Å². The van der Waals surface area contributed by atoms with E-state index in [0.717, 1.165) is 56.5 Å². The van der Waals surface area contributed by atoms with E-state index in [1.807, 2.05) is 35.2 Å². The molecule has 3 aliphatic rings. The minimum absolute atomic E-state index is 0. The average molecular weight is 657 g/mol. The lowest BCUT2D eigenvalue weighted by Crippen LogP contribution is -2.46. The fourth-order valence-electron chi connectivity index (χ4n) is 6.92. The van der Waals surface area contributed by atoms with Gasteiger partial charge in [-0.25, -0.2) is 0 Å². The summed E-state index contributed by atoms with van der Waals surface area (Å²) in [7, 11) is 0. The first-order chi connectivity index (χ1) is 19.4. The Morgan fingerprint density at radius 2 is 1.61 bits per heavy atom. The number of amides is 2. The standard InChI is InChI=1S/C33H35BrClN3O2.ClH/c34-28-11-9-24(10-12-28)20-37-18-15-33(32(37)40)13-16-36(17-14-33)21-27-22-38(23-30(27)25-5-2-1-3-6-25)31(39)26-7-4-8-29(35)19-26;/h1-12,19,27,30H,13-18,20-23H2;1H/t27-,30+;/m0./s1. The molecule has 2 amide bonds. The van der Waals surface area contributed by atoms with Crippen LogP contribution in [-0.2, 0) is 11.3 Å². The lowest BCUT2D eigenvalue weighted by atomic mass is 9.76. The van der Waals surface area contributed by atoms with Crippen molar-refractivity contribution in [3.63, 3.8) is 0 Å². The number of nitrogens with zero attached hydrogens (tertiary/aromatic N) is 3. The molecule has 0 unspecified atom stereocenters. The van der Waals surface area contributed by atoms with Gasteiger partial charge in [0.2, 0.25) is 5.91 Å². The fourth-order valence-corrected chi connectivity index (χ4v) is 7.37. The lowest BCUT2D eigenvalue weighted by molar-refractivity contribution is -0.139. The molecule has 0 bridgehead atoms. The van der Waals surface area contributed by atoms with Crippen LogP contribution in [-0.4, -0.2) is 65.8 Å². The van der Waals surface area contributed by atoms with E-state index in [4.69, 9.17) is 11.6 Å². The minimum Gasteiger partial charge on any atom is -0.338 e. The molecule has 3 aliphatic heterocycles. The average Bonchev–Trinajstić information content (AvgIpc) is 3.53. The molecular weight excluding hydrogens is 621 g/mol. The summed E-state index contributed by atoms with van der Waals surface area (Å²) in [5, 5.41) is 0.584. The van der Waals surface area contributed by atoms with Gasteiger partial charge in [-0.05, 0) is 79.7 Å². The van der Waals surface area contributed by atoms with E-state index in [0.29, 0.717) is 35.5 Å². The highest BCUT2D eigenvalue weighted by Crippen LogP contribution is 2.43. The molecule has 3 heterocycles. The molecule has 3 aromatic rings. The molecule has 0 radical (unpaired) electrons. The van der Waals surface area contributed by atoms with Gasteiger partial charge in [-0.3, -0.25) is 9.59 Å². The van der Waals surface area contributed by atoms with Crippen LogP contribution >= 0.6 is 39.9 Å². The molecule has 1 spiro atoms. The summed E-state index contributed by atoms with van der Waals surface area (Å²) in [6.07, 6.45) is 2.78. The first-order valence-corrected chi connectivity index (χ1v) is 15.4. The van der Waals surface area contributed by atoms with Crippen molar-refractivity contribution in [1.82, 2.24) is 14.7 Å². The summed E-state index contributed by atoms with van der Waals surface area (Å²) < 4.78 is 1.06. The van der Waals surface area contributed by atoms with Crippen molar-refractivity contribution in [2.24, 2.45) is 11.3 Å². The third-order valence-corrected chi connectivity index (χ3v) is 9.99. The van der Waals surface area contributed by atoms with Gasteiger partial charge < -0.3 is 14.7 Å². The molecule has 3 saturated heterocycles. The van der Waals surface area contributed by atoms with Gasteiger partial charge in [-0.15, -0.1) is 12.4 Å². The van der Waals surface area contributed by atoms with Gasteiger partial charge in [-0.1, -0.05) is 76.1 Å². The van der Waals surface area contributed by atoms with Crippen molar-refractivity contribution in [1.29, 1.82) is 0 Å². The Morgan fingerprint density at radius 1 is 0.902 bits per heavy atom. The summed E-state index contributed by atoms with van der Waals surface area (Å²) in [4.78, 5) is 33.6. The number of hydrogen-bond donors (Lipinski definition) is 0. The van der Waals surface area contributed by atoms with Crippen LogP contribution < -0.4 is 0 Å². The Balaban J connectivity index is 0.00000337. The molecule has 41 heavy (non-hydrogen) atoms. The van der Waals surface area contributed by atoms with E-state index in [1.165, 1.54) is 11.1 Å². The number of carbonyl (C=O) groups excluding carboxylic acids is 2. The van der Waals surface area contributed by atoms with E-state index < -0.39 is 0 Å². The molecule has 0 N–H and O–H groups in total. The number of likely N-dealkylation sites (tertiary alicyclic amines) is 3. The molecule has 0 saturated carbocycles. The number of piperidine rings is 1. The zero-order chi connectivity index (χ0) is 27.7. The van der Waals surface area contributed by atoms with E-state index in [-0.39, 0.29) is 29.6 Å². The van der Waals surface area contributed by atoms with Crippen LogP contribution in [0.3, 0.4) is 0 Å². The van der Waals surface area contributed by atoms with Crippen LogP contribution in [0.15, 0.2) is 83.3 Å². The van der Waals surface area contributed by atoms with Gasteiger partial charge in [-0.2, -0.15) is 0 Å². The molecule has 2 atom stereocenters. The number of rotatable bonds is 6. The summed E-state index contributed by atoms with van der Waals surface area (Å²) in [5.41, 5.74) is 2.90. The second kappa shape index (κ2) is 12.9. The monoisotopic (exact) mass is 655 g/mol. The van der Waals surface area contributed by atoms with Crippen LogP contribution in [0.2, 0.25) is 5.02 Å². The number of halogens is 3. The molecule has 8 heteroatoms. The molecule has 0 aliphatic carbocycles. The van der Waals surface area contributed by atoms with Gasteiger partial charge in [0, 0.05) is 53.7 Å². The zero-order valence-corrected chi connectivity index (χ0v) is 26.2. The third kappa shape index (κ3) is 6.51. The molecule has 3 aromatic carbocycles. The van der Waals surface area contributed by atoms with Crippen molar-refractivity contribution in [2.75, 3.05) is 39.3 Å². The fraction of sp³-hybridized carbons (Fsp3) is 0.394. The van der Waals surface area contributed by atoms with Crippen molar-refractivity contribution in [3.05, 3.63) is 105 Å². The molecule has 0 aromatic heterocycles. The van der Waals surface area contributed by atoms with E-state index in [2.05, 4.69) is 62.1 Å². The first-order valence-electron chi connectivity index (χ1n) is 14.3. The highest BCUT2D eigenvalue weighted by atomic mass is 79.9. The van der Waals surface area contributed by atoms with Crippen LogP contribution in [0.5, 0.6) is 0 Å². The van der Waals surface area contributed by atoms with Crippen molar-refractivity contribution in [2.45, 2.75) is 31.7 Å². The van der Waals surface area contributed by atoms with E-state index >= 15 is 0 Å². The Morgan fingerprint density at radius 3 is 2.32 bits per heavy atom. The summed E-state index contributed by atoms with van der Waals surface area (Å²) in [6.45, 7) is 5.76. The largest absolute Gasteiger partial charge is 0.338 e. The maximum absolute atomic E-state index is 13.6. The summed E-state index contributed by atoms with van der Waals surface area (Å²) in [5.74, 6) is 1.00. The molecule has 3 fully saturated rings. The Hall–Kier alpha value is -2.38. The number of benzene rings is 3. The normalized spacial score (nSPS) is 22.2. The Bertz CT molecular complexity index is 1360. The summed E-state index contributed by atoms with van der Waals surface area (Å²) >= 11 is 9.68. The van der Waals surface area contributed by atoms with Gasteiger partial charge >= 0.3 is 0 Å². The molecule has 5 nitrogen and oxygen atoms in total. The highest BCUT2D eigenvalue weighted by molar-refractivity contribution is 9.10. The van der Waals surface area contributed by atoms with Crippen molar-refractivity contribution >= 4 is 51.8 Å². The van der Waals surface area contributed by atoms with Crippen molar-refractivity contribution in [3.8, 4) is 0 Å². The number of hydrogen-bond acceptors (Lipinski definition) is 3. The van der Waals surface area contributed by atoms with Gasteiger partial charge in [0.1, 0.15) is 0 Å². The van der Waals surface area contributed by atoms with Crippen molar-refractivity contribution < 1.29 is 9.59 Å². The maximum atomic E-state index is 13.6. The minimum atomic E-state index is -0.213. The first kappa shape index (κ1) is 30.1. The smallest absolute Gasteiger partial charge is 0.253 e. The Kier molecular flexibility index (Phi) is 9.44. The maximum Gasteiger partial charge on any atom is 0.253 e. The quantitative estimate of drug-likeness (QED) is 0.290. The van der Waals surface area contributed by atoms with Crippen LogP contribution in [0, 0.1) is 11.3 Å². The molecule has 6 rings (SSSR count). The number of carbonyl (C=O) groups is 2. The second-order valence-corrected chi connectivity index (χ2v) is 13.0.